The van der Waals surface area contributed by atoms with Crippen molar-refractivity contribution < 1.29 is 24.1 Å². The Kier molecular flexibility index (Phi) is 13.0. The quantitative estimate of drug-likeness (QED) is 0.0939. The van der Waals surface area contributed by atoms with E-state index in [9.17, 15) is 19.7 Å². The summed E-state index contributed by atoms with van der Waals surface area (Å²) in [5.41, 5.74) is 5.98. The molecule has 13 nitrogen and oxygen atoms in total. The van der Waals surface area contributed by atoms with Gasteiger partial charge >= 0.3 is 12.2 Å². The van der Waals surface area contributed by atoms with Crippen LogP contribution in [0, 0.1) is 10.1 Å². The van der Waals surface area contributed by atoms with Crippen molar-refractivity contribution in [3.05, 3.63) is 10.1 Å². The molecule has 6 N–H and O–H groups in total. The topological polar surface area (TPSA) is 182 Å². The van der Waals surface area contributed by atoms with Gasteiger partial charge in [-0.3, -0.25) is 0 Å². The monoisotopic (exact) mass is 461 g/mol. The molecular weight excluding hydrogens is 422 g/mol. The van der Waals surface area contributed by atoms with Gasteiger partial charge in [0.1, 0.15) is 11.2 Å². The summed E-state index contributed by atoms with van der Waals surface area (Å²) in [6, 6.07) is -0.247. The fourth-order valence-corrected chi connectivity index (χ4v) is 2.36. The molecule has 0 saturated heterocycles. The summed E-state index contributed by atoms with van der Waals surface area (Å²) in [7, 11) is 0. The van der Waals surface area contributed by atoms with Crippen molar-refractivity contribution >= 4 is 18.1 Å². The summed E-state index contributed by atoms with van der Waals surface area (Å²) in [6.07, 6.45) is 0.772. The van der Waals surface area contributed by atoms with Gasteiger partial charge in [-0.25, -0.2) is 24.7 Å². The number of hydrogen-bond donors (Lipinski definition) is 5. The zero-order valence-corrected chi connectivity index (χ0v) is 19.9. The van der Waals surface area contributed by atoms with Gasteiger partial charge in [0.25, 0.3) is 5.96 Å². The number of nitrogens with one attached hydrogen (secondary N) is 4. The summed E-state index contributed by atoms with van der Waals surface area (Å²) in [4.78, 5) is 37.9. The molecule has 1 atom stereocenters. The van der Waals surface area contributed by atoms with Crippen molar-refractivity contribution in [2.75, 3.05) is 26.2 Å². The third kappa shape index (κ3) is 19.2. The van der Waals surface area contributed by atoms with E-state index in [2.05, 4.69) is 20.9 Å². The Morgan fingerprint density at radius 3 is 2.19 bits per heavy atom. The number of rotatable bonds is 12. The number of amides is 2. The van der Waals surface area contributed by atoms with Crippen molar-refractivity contribution in [2.45, 2.75) is 78.0 Å². The molecule has 0 unspecified atom stereocenters. The first-order valence-electron chi connectivity index (χ1n) is 10.6. The Hall–Kier alpha value is -2.83. The molecule has 0 rings (SSSR count). The molecule has 0 bridgehead atoms. The molecule has 0 spiro atoms. The molecule has 0 aromatic heterocycles. The Morgan fingerprint density at radius 2 is 1.62 bits per heavy atom. The number of ether oxygens (including phenoxy) is 2. The number of aliphatic imine (C=N–C) groups is 1. The SMILES string of the molecule is CC(C)(C)OC(=O)NCCCNC[C@H](CCCN=C(N)N[N+](=O)[O-])NC(=O)OC(C)(C)C. The predicted molar refractivity (Wildman–Crippen MR) is 121 cm³/mol. The van der Waals surface area contributed by atoms with Gasteiger partial charge < -0.3 is 31.2 Å². The Bertz CT molecular complexity index is 629. The summed E-state index contributed by atoms with van der Waals surface area (Å²) in [5.74, 6) is -0.276. The largest absolute Gasteiger partial charge is 0.444 e. The van der Waals surface area contributed by atoms with E-state index in [-0.39, 0.29) is 18.5 Å². The van der Waals surface area contributed by atoms with Crippen molar-refractivity contribution in [1.29, 1.82) is 0 Å². The highest BCUT2D eigenvalue weighted by Crippen LogP contribution is 2.08. The van der Waals surface area contributed by atoms with Crippen LogP contribution in [0.25, 0.3) is 0 Å². The lowest BCUT2D eigenvalue weighted by atomic mass is 10.1. The van der Waals surface area contributed by atoms with Gasteiger partial charge in [0.15, 0.2) is 5.03 Å². The second-order valence-electron chi connectivity index (χ2n) is 9.11. The maximum Gasteiger partial charge on any atom is 0.407 e. The van der Waals surface area contributed by atoms with E-state index in [1.165, 1.54) is 0 Å². The van der Waals surface area contributed by atoms with E-state index in [0.29, 0.717) is 38.9 Å². The molecule has 0 heterocycles. The number of carbonyl (C=O) groups is 2. The van der Waals surface area contributed by atoms with Crippen LogP contribution in [-0.4, -0.2) is 66.6 Å². The average molecular weight is 462 g/mol. The molecule has 0 aromatic rings. The first-order chi connectivity index (χ1) is 14.7. The van der Waals surface area contributed by atoms with Gasteiger partial charge in [0.2, 0.25) is 0 Å². The number of nitrogens with two attached hydrogens (primary N) is 1. The highest BCUT2D eigenvalue weighted by atomic mass is 16.7. The molecule has 0 aliphatic rings. The minimum Gasteiger partial charge on any atom is -0.444 e. The molecule has 2 amide bonds. The lowest BCUT2D eigenvalue weighted by molar-refractivity contribution is -0.525. The average Bonchev–Trinajstić information content (AvgIpc) is 2.57. The normalized spacial score (nSPS) is 13.1. The van der Waals surface area contributed by atoms with Crippen LogP contribution in [0.5, 0.6) is 0 Å². The number of alkyl carbamates (subject to hydrolysis) is 2. The zero-order chi connectivity index (χ0) is 24.8. The van der Waals surface area contributed by atoms with Crippen LogP contribution in [0.3, 0.4) is 0 Å². The molecule has 186 valence electrons. The minimum absolute atomic E-state index is 0.247. The zero-order valence-electron chi connectivity index (χ0n) is 19.9. The van der Waals surface area contributed by atoms with Crippen LogP contribution < -0.4 is 27.1 Å². The van der Waals surface area contributed by atoms with Gasteiger partial charge in [-0.2, -0.15) is 0 Å². The minimum atomic E-state index is -0.784. The molecule has 0 aliphatic carbocycles. The van der Waals surface area contributed by atoms with E-state index in [1.807, 2.05) is 0 Å². The third-order valence-electron chi connectivity index (χ3n) is 3.51. The Labute approximate surface area is 189 Å². The van der Waals surface area contributed by atoms with Crippen molar-refractivity contribution in [3.63, 3.8) is 0 Å². The van der Waals surface area contributed by atoms with Crippen LogP contribution in [0.2, 0.25) is 0 Å². The summed E-state index contributed by atoms with van der Waals surface area (Å²) in [6.45, 7) is 12.5. The second kappa shape index (κ2) is 14.3. The van der Waals surface area contributed by atoms with Crippen LogP contribution >= 0.6 is 0 Å². The van der Waals surface area contributed by atoms with E-state index in [0.717, 1.165) is 0 Å². The molecule has 0 fully saturated rings. The van der Waals surface area contributed by atoms with E-state index >= 15 is 0 Å². The summed E-state index contributed by atoms with van der Waals surface area (Å²) >= 11 is 0. The maximum atomic E-state index is 12.1. The van der Waals surface area contributed by atoms with Crippen molar-refractivity contribution in [2.24, 2.45) is 10.7 Å². The van der Waals surface area contributed by atoms with Gasteiger partial charge in [0, 0.05) is 25.7 Å². The van der Waals surface area contributed by atoms with Gasteiger partial charge in [-0.05, 0) is 67.3 Å². The number of hydrogen-bond acceptors (Lipinski definition) is 8. The van der Waals surface area contributed by atoms with Gasteiger partial charge in [-0.15, -0.1) is 0 Å². The maximum absolute atomic E-state index is 12.1. The van der Waals surface area contributed by atoms with Crippen LogP contribution in [0.15, 0.2) is 4.99 Å². The van der Waals surface area contributed by atoms with Gasteiger partial charge in [0.05, 0.1) is 0 Å². The number of hydrazine groups is 1. The van der Waals surface area contributed by atoms with Crippen molar-refractivity contribution in [3.8, 4) is 0 Å². The molecule has 0 radical (unpaired) electrons. The van der Waals surface area contributed by atoms with Crippen LogP contribution in [0.4, 0.5) is 9.59 Å². The number of carbonyl (C=O) groups excluding carboxylic acids is 2. The Balaban J connectivity index is 4.42. The summed E-state index contributed by atoms with van der Waals surface area (Å²) in [5, 5.41) is 18.2. The molecule has 0 aromatic carbocycles. The van der Waals surface area contributed by atoms with Crippen LogP contribution in [0.1, 0.15) is 60.8 Å². The van der Waals surface area contributed by atoms with Crippen LogP contribution in [-0.2, 0) is 9.47 Å². The fourth-order valence-electron chi connectivity index (χ4n) is 2.36. The summed E-state index contributed by atoms with van der Waals surface area (Å²) < 4.78 is 10.5. The highest BCUT2D eigenvalue weighted by molar-refractivity contribution is 5.76. The number of nitro groups is 1. The smallest absolute Gasteiger partial charge is 0.407 e. The molecule has 0 saturated carbocycles. The van der Waals surface area contributed by atoms with Crippen molar-refractivity contribution in [1.82, 2.24) is 21.4 Å². The van der Waals surface area contributed by atoms with E-state index in [4.69, 9.17) is 15.2 Å². The molecule has 32 heavy (non-hydrogen) atoms. The second-order valence-corrected chi connectivity index (χ2v) is 9.11. The molecule has 0 aliphatic heterocycles. The first-order valence-corrected chi connectivity index (χ1v) is 10.6. The van der Waals surface area contributed by atoms with Gasteiger partial charge in [-0.1, -0.05) is 5.43 Å². The van der Waals surface area contributed by atoms with E-state index < -0.39 is 28.4 Å². The fraction of sp³-hybridized carbons (Fsp3) is 0.842. The molecular formula is C19H39N7O6. The highest BCUT2D eigenvalue weighted by Gasteiger charge is 2.19. The lowest BCUT2D eigenvalue weighted by Crippen LogP contribution is -2.44. The molecule has 13 heteroatoms. The van der Waals surface area contributed by atoms with E-state index in [1.54, 1.807) is 47.0 Å². The number of guanidine groups is 1. The number of nitrogens with zero attached hydrogens (tertiary/aromatic N) is 2. The standard InChI is InChI=1S/C19H39N7O6/c1-18(2,3)31-16(27)23-12-8-10-21-13-14(24-17(28)32-19(4,5)6)9-7-11-22-15(20)25-26(29)30/h14,21H,7-13H2,1-6H3,(H,23,27)(H,24,28)(H3,20,22,25)/t14-/m0/s1. The lowest BCUT2D eigenvalue weighted by Gasteiger charge is -2.24. The Morgan fingerprint density at radius 1 is 1.03 bits per heavy atom. The first kappa shape index (κ1) is 29.2. The predicted octanol–water partition coefficient (Wildman–Crippen LogP) is 1.26. The third-order valence-corrected chi connectivity index (χ3v) is 3.51.